The number of phenols is 1. The van der Waals surface area contributed by atoms with Crippen molar-refractivity contribution in [3.05, 3.63) is 53.1 Å². The van der Waals surface area contributed by atoms with Gasteiger partial charge in [-0.1, -0.05) is 29.8 Å². The van der Waals surface area contributed by atoms with Crippen LogP contribution in [0.4, 0.5) is 0 Å². The quantitative estimate of drug-likeness (QED) is 0.758. The zero-order chi connectivity index (χ0) is 11.7. The first-order valence-electron chi connectivity index (χ1n) is 5.44. The maximum Gasteiger partial charge on any atom is 0.116 e. The summed E-state index contributed by atoms with van der Waals surface area (Å²) < 4.78 is 0. The van der Waals surface area contributed by atoms with Crippen LogP contribution < -0.4 is 0 Å². The van der Waals surface area contributed by atoms with Crippen LogP contribution in [0.3, 0.4) is 0 Å². The van der Waals surface area contributed by atoms with Crippen LogP contribution in [0, 0.1) is 20.8 Å². The molecule has 0 unspecified atom stereocenters. The summed E-state index contributed by atoms with van der Waals surface area (Å²) in [6.45, 7) is 6.17. The summed E-state index contributed by atoms with van der Waals surface area (Å²) in [6.07, 6.45) is 0. The molecule has 0 spiro atoms. The predicted octanol–water partition coefficient (Wildman–Crippen LogP) is 3.98. The van der Waals surface area contributed by atoms with Gasteiger partial charge in [0.25, 0.3) is 0 Å². The van der Waals surface area contributed by atoms with Crippen LogP contribution in [-0.4, -0.2) is 5.11 Å². The van der Waals surface area contributed by atoms with Crippen molar-refractivity contribution in [1.29, 1.82) is 0 Å². The van der Waals surface area contributed by atoms with E-state index >= 15 is 0 Å². The third-order valence-corrected chi connectivity index (χ3v) is 2.77. The van der Waals surface area contributed by atoms with Crippen molar-refractivity contribution in [2.45, 2.75) is 20.8 Å². The monoisotopic (exact) mass is 212 g/mol. The molecule has 0 fully saturated rings. The second-order valence-corrected chi connectivity index (χ2v) is 4.38. The summed E-state index contributed by atoms with van der Waals surface area (Å²) >= 11 is 0. The summed E-state index contributed by atoms with van der Waals surface area (Å²) in [5.74, 6) is 0.330. The van der Waals surface area contributed by atoms with Crippen molar-refractivity contribution < 1.29 is 5.11 Å². The summed E-state index contributed by atoms with van der Waals surface area (Å²) in [7, 11) is 0. The Hall–Kier alpha value is -1.76. The summed E-state index contributed by atoms with van der Waals surface area (Å²) in [4.78, 5) is 0. The molecule has 0 bridgehead atoms. The molecule has 1 nitrogen and oxygen atoms in total. The fraction of sp³-hybridized carbons (Fsp3) is 0.200. The number of hydrogen-bond acceptors (Lipinski definition) is 1. The fourth-order valence-corrected chi connectivity index (χ4v) is 1.97. The Morgan fingerprint density at radius 2 is 1.56 bits per heavy atom. The van der Waals surface area contributed by atoms with Crippen molar-refractivity contribution in [1.82, 2.24) is 0 Å². The SMILES string of the molecule is Cc1cc(O)cc(-c2cc(C)ccc2C)c1. The largest absolute Gasteiger partial charge is 0.508 e. The minimum Gasteiger partial charge on any atom is -0.508 e. The molecule has 0 saturated carbocycles. The van der Waals surface area contributed by atoms with Crippen molar-refractivity contribution >= 4 is 0 Å². The van der Waals surface area contributed by atoms with Crippen LogP contribution in [0.1, 0.15) is 16.7 Å². The van der Waals surface area contributed by atoms with Crippen molar-refractivity contribution in [2.24, 2.45) is 0 Å². The van der Waals surface area contributed by atoms with E-state index in [-0.39, 0.29) is 0 Å². The van der Waals surface area contributed by atoms with E-state index in [9.17, 15) is 5.11 Å². The van der Waals surface area contributed by atoms with Crippen molar-refractivity contribution in [3.63, 3.8) is 0 Å². The molecule has 0 atom stereocenters. The molecule has 0 heterocycles. The highest BCUT2D eigenvalue weighted by Gasteiger charge is 2.04. The number of hydrogen-bond donors (Lipinski definition) is 1. The number of aromatic hydroxyl groups is 1. The fourth-order valence-electron chi connectivity index (χ4n) is 1.97. The molecule has 0 aromatic heterocycles. The lowest BCUT2D eigenvalue weighted by Gasteiger charge is -2.09. The second-order valence-electron chi connectivity index (χ2n) is 4.38. The van der Waals surface area contributed by atoms with Crippen LogP contribution in [0.5, 0.6) is 5.75 Å². The number of rotatable bonds is 1. The van der Waals surface area contributed by atoms with Crippen LogP contribution in [0.2, 0.25) is 0 Å². The highest BCUT2D eigenvalue weighted by Crippen LogP contribution is 2.28. The number of aryl methyl sites for hydroxylation is 3. The zero-order valence-corrected chi connectivity index (χ0v) is 9.91. The maximum atomic E-state index is 9.62. The lowest BCUT2D eigenvalue weighted by molar-refractivity contribution is 0.475. The van der Waals surface area contributed by atoms with Crippen LogP contribution in [0.25, 0.3) is 11.1 Å². The maximum absolute atomic E-state index is 9.62. The molecule has 1 N–H and O–H groups in total. The molecule has 2 aromatic rings. The van der Waals surface area contributed by atoms with Crippen molar-refractivity contribution in [2.75, 3.05) is 0 Å². The lowest BCUT2D eigenvalue weighted by atomic mass is 9.97. The van der Waals surface area contributed by atoms with Gasteiger partial charge < -0.3 is 5.11 Å². The first kappa shape index (κ1) is 10.7. The third kappa shape index (κ3) is 2.08. The van der Waals surface area contributed by atoms with E-state index < -0.39 is 0 Å². The highest BCUT2D eigenvalue weighted by molar-refractivity contribution is 5.69. The summed E-state index contributed by atoms with van der Waals surface area (Å²) in [5.41, 5.74) is 5.82. The van der Waals surface area contributed by atoms with E-state index in [0.29, 0.717) is 5.75 Å². The first-order chi connectivity index (χ1) is 7.56. The van der Waals surface area contributed by atoms with Crippen LogP contribution in [0.15, 0.2) is 36.4 Å². The van der Waals surface area contributed by atoms with Gasteiger partial charge in [-0.2, -0.15) is 0 Å². The van der Waals surface area contributed by atoms with Gasteiger partial charge in [-0.3, -0.25) is 0 Å². The Bertz CT molecular complexity index is 507. The molecule has 0 radical (unpaired) electrons. The molecule has 0 saturated heterocycles. The molecule has 0 aliphatic rings. The second kappa shape index (κ2) is 4.01. The molecule has 0 aliphatic carbocycles. The molecule has 1 heteroatoms. The van der Waals surface area contributed by atoms with Gasteiger partial charge in [0.1, 0.15) is 5.75 Å². The normalized spacial score (nSPS) is 10.4. The molecule has 0 aliphatic heterocycles. The molecule has 2 aromatic carbocycles. The van der Waals surface area contributed by atoms with Gasteiger partial charge in [0.15, 0.2) is 0 Å². The highest BCUT2D eigenvalue weighted by atomic mass is 16.3. The molecular formula is C15H16O. The van der Waals surface area contributed by atoms with Crippen LogP contribution in [-0.2, 0) is 0 Å². The van der Waals surface area contributed by atoms with E-state index in [1.165, 1.54) is 16.7 Å². The Labute approximate surface area is 96.4 Å². The third-order valence-electron chi connectivity index (χ3n) is 2.77. The molecule has 82 valence electrons. The molecule has 2 rings (SSSR count). The standard InChI is InChI=1S/C15H16O/c1-10-4-5-12(3)15(8-10)13-6-11(2)7-14(16)9-13/h4-9,16H,1-3H3. The van der Waals surface area contributed by atoms with Gasteiger partial charge in [-0.15, -0.1) is 0 Å². The summed E-state index contributed by atoms with van der Waals surface area (Å²) in [6, 6.07) is 12.1. The van der Waals surface area contributed by atoms with Gasteiger partial charge >= 0.3 is 0 Å². The average Bonchev–Trinajstić information content (AvgIpc) is 2.20. The average molecular weight is 212 g/mol. The van der Waals surface area contributed by atoms with E-state index in [4.69, 9.17) is 0 Å². The summed E-state index contributed by atoms with van der Waals surface area (Å²) in [5, 5.41) is 9.62. The van der Waals surface area contributed by atoms with Gasteiger partial charge in [-0.25, -0.2) is 0 Å². The van der Waals surface area contributed by atoms with E-state index in [2.05, 4.69) is 38.1 Å². The molecule has 16 heavy (non-hydrogen) atoms. The van der Waals surface area contributed by atoms with Crippen molar-refractivity contribution in [3.8, 4) is 16.9 Å². The first-order valence-corrected chi connectivity index (χ1v) is 5.44. The van der Waals surface area contributed by atoms with E-state index in [1.54, 1.807) is 6.07 Å². The lowest BCUT2D eigenvalue weighted by Crippen LogP contribution is -1.86. The van der Waals surface area contributed by atoms with Gasteiger partial charge in [0, 0.05) is 0 Å². The van der Waals surface area contributed by atoms with E-state index in [1.807, 2.05) is 13.0 Å². The molecule has 0 amide bonds. The van der Waals surface area contributed by atoms with E-state index in [0.717, 1.165) is 11.1 Å². The Kier molecular flexibility index (Phi) is 2.69. The number of phenolic OH excluding ortho intramolecular Hbond substituents is 1. The minimum absolute atomic E-state index is 0.330. The van der Waals surface area contributed by atoms with Gasteiger partial charge in [0.05, 0.1) is 0 Å². The Morgan fingerprint density at radius 3 is 2.25 bits per heavy atom. The molecular weight excluding hydrogens is 196 g/mol. The smallest absolute Gasteiger partial charge is 0.116 e. The number of benzene rings is 2. The van der Waals surface area contributed by atoms with Gasteiger partial charge in [-0.05, 0) is 55.2 Å². The van der Waals surface area contributed by atoms with Gasteiger partial charge in [0.2, 0.25) is 0 Å². The Balaban J connectivity index is 2.62. The van der Waals surface area contributed by atoms with Crippen LogP contribution >= 0.6 is 0 Å². The minimum atomic E-state index is 0.330. The Morgan fingerprint density at radius 1 is 0.812 bits per heavy atom. The topological polar surface area (TPSA) is 20.2 Å². The zero-order valence-electron chi connectivity index (χ0n) is 9.91. The predicted molar refractivity (Wildman–Crippen MR) is 67.8 cm³/mol.